The molecule has 2 aromatic carbocycles. The molecule has 1 N–H and O–H groups in total. The van der Waals surface area contributed by atoms with Gasteiger partial charge in [-0.05, 0) is 28.3 Å². The molecule has 1 amide bonds. The highest BCUT2D eigenvalue weighted by molar-refractivity contribution is 5.93. The monoisotopic (exact) mass is 455 g/mol. The second kappa shape index (κ2) is 8.33. The minimum Gasteiger partial charge on any atom is -0.455 e. The molecule has 4 heterocycles. The third-order valence-corrected chi connectivity index (χ3v) is 7.67. The van der Waals surface area contributed by atoms with Crippen LogP contribution in [0.5, 0.6) is 0 Å². The number of rotatable bonds is 5. The molecule has 172 valence electrons. The Morgan fingerprint density at radius 2 is 1.53 bits per heavy atom. The van der Waals surface area contributed by atoms with Gasteiger partial charge in [0.25, 0.3) is 5.91 Å². The normalized spacial score (nSPS) is 24.8. The van der Waals surface area contributed by atoms with E-state index in [1.165, 1.54) is 0 Å². The van der Waals surface area contributed by atoms with E-state index in [1.807, 2.05) is 36.4 Å². The zero-order valence-electron chi connectivity index (χ0n) is 18.9. The Morgan fingerprint density at radius 1 is 0.912 bits per heavy atom. The lowest BCUT2D eigenvalue weighted by Crippen LogP contribution is -2.66. The van der Waals surface area contributed by atoms with Crippen LogP contribution in [0.3, 0.4) is 0 Å². The molecule has 7 nitrogen and oxygen atoms in total. The first kappa shape index (κ1) is 21.0. The maximum atomic E-state index is 13.6. The summed E-state index contributed by atoms with van der Waals surface area (Å²) in [5.41, 5.74) is 4.25. The molecule has 3 aromatic rings. The van der Waals surface area contributed by atoms with Gasteiger partial charge in [0.05, 0.1) is 13.1 Å². The smallest absolute Gasteiger partial charge is 0.318 e. The van der Waals surface area contributed by atoms with E-state index in [4.69, 9.17) is 4.74 Å². The number of hydrogen-bond donors (Lipinski definition) is 1. The molecule has 7 heteroatoms. The third kappa shape index (κ3) is 3.66. The van der Waals surface area contributed by atoms with E-state index in [0.29, 0.717) is 29.4 Å². The van der Waals surface area contributed by atoms with Gasteiger partial charge >= 0.3 is 5.97 Å². The van der Waals surface area contributed by atoms with Crippen molar-refractivity contribution in [1.29, 1.82) is 0 Å². The number of piperidine rings is 3. The summed E-state index contributed by atoms with van der Waals surface area (Å²) in [5, 5.41) is 2.80. The first-order valence-corrected chi connectivity index (χ1v) is 11.9. The molecule has 3 aliphatic heterocycles. The molecule has 7 rings (SSSR count). The fourth-order valence-electron chi connectivity index (χ4n) is 6.04. The molecule has 34 heavy (non-hydrogen) atoms. The molecule has 1 aliphatic carbocycles. The van der Waals surface area contributed by atoms with Crippen molar-refractivity contribution in [3.8, 4) is 11.1 Å². The number of fused-ring (bicyclic) bond motifs is 6. The van der Waals surface area contributed by atoms with Gasteiger partial charge in [0, 0.05) is 31.2 Å². The van der Waals surface area contributed by atoms with Crippen molar-refractivity contribution in [2.45, 2.75) is 24.9 Å². The lowest BCUT2D eigenvalue weighted by Gasteiger charge is -2.51. The Kier molecular flexibility index (Phi) is 5.14. The molecule has 3 fully saturated rings. The second-order valence-electron chi connectivity index (χ2n) is 9.67. The molecular formula is C27H27N4O3+. The number of carbonyl (C=O) groups is 2. The molecule has 1 atom stereocenters. The van der Waals surface area contributed by atoms with E-state index in [9.17, 15) is 9.59 Å². The lowest BCUT2D eigenvalue weighted by molar-refractivity contribution is -0.938. The van der Waals surface area contributed by atoms with Crippen LogP contribution in [0.4, 0.5) is 5.95 Å². The topological polar surface area (TPSA) is 81.2 Å². The van der Waals surface area contributed by atoms with Crippen molar-refractivity contribution >= 4 is 17.8 Å². The fraction of sp³-hybridized carbons (Fsp3) is 0.333. The molecule has 4 aliphatic rings. The summed E-state index contributed by atoms with van der Waals surface area (Å²) in [6, 6.07) is 17.9. The van der Waals surface area contributed by atoms with Crippen molar-refractivity contribution < 1.29 is 18.8 Å². The van der Waals surface area contributed by atoms with Crippen molar-refractivity contribution in [3.05, 3.63) is 78.1 Å². The summed E-state index contributed by atoms with van der Waals surface area (Å²) in [4.78, 5) is 34.5. The maximum absolute atomic E-state index is 13.6. The number of benzene rings is 2. The van der Waals surface area contributed by atoms with Gasteiger partial charge in [-0.15, -0.1) is 0 Å². The number of quaternary nitrogens is 1. The van der Waals surface area contributed by atoms with Crippen LogP contribution in [0, 0.1) is 5.92 Å². The van der Waals surface area contributed by atoms with Gasteiger partial charge in [-0.3, -0.25) is 14.9 Å². The largest absolute Gasteiger partial charge is 0.455 e. The maximum Gasteiger partial charge on any atom is 0.318 e. The van der Waals surface area contributed by atoms with Crippen molar-refractivity contribution in [3.63, 3.8) is 0 Å². The molecule has 0 unspecified atom stereocenters. The van der Waals surface area contributed by atoms with Crippen LogP contribution in [0.1, 0.15) is 29.9 Å². The first-order valence-electron chi connectivity index (χ1n) is 11.9. The van der Waals surface area contributed by atoms with E-state index in [1.54, 1.807) is 18.5 Å². The van der Waals surface area contributed by atoms with Crippen molar-refractivity contribution in [2.24, 2.45) is 5.92 Å². The number of nitrogens with zero attached hydrogens (tertiary/aromatic N) is 3. The summed E-state index contributed by atoms with van der Waals surface area (Å²) < 4.78 is 6.88. The number of esters is 1. The van der Waals surface area contributed by atoms with Crippen molar-refractivity contribution in [1.82, 2.24) is 9.97 Å². The predicted octanol–water partition coefficient (Wildman–Crippen LogP) is 3.38. The highest BCUT2D eigenvalue weighted by Gasteiger charge is 2.49. The Labute approximate surface area is 198 Å². The Balaban J connectivity index is 1.18. The van der Waals surface area contributed by atoms with E-state index in [0.717, 1.165) is 48.2 Å². The summed E-state index contributed by atoms with van der Waals surface area (Å²) in [6.45, 7) is 2.87. The molecule has 0 radical (unpaired) electrons. The Morgan fingerprint density at radius 3 is 2.18 bits per heavy atom. The Bertz CT molecular complexity index is 1190. The van der Waals surface area contributed by atoms with Gasteiger partial charge in [0.15, 0.2) is 12.6 Å². The number of anilines is 1. The summed E-state index contributed by atoms with van der Waals surface area (Å²) in [5.74, 6) is -0.00274. The van der Waals surface area contributed by atoms with Gasteiger partial charge in [0.2, 0.25) is 5.95 Å². The van der Waals surface area contributed by atoms with E-state index in [-0.39, 0.29) is 18.0 Å². The molecule has 3 saturated heterocycles. The zero-order chi connectivity index (χ0) is 23.1. The van der Waals surface area contributed by atoms with Crippen LogP contribution in [-0.4, -0.2) is 58.6 Å². The van der Waals surface area contributed by atoms with Crippen LogP contribution in [0.2, 0.25) is 0 Å². The predicted molar refractivity (Wildman–Crippen MR) is 127 cm³/mol. The summed E-state index contributed by atoms with van der Waals surface area (Å²) >= 11 is 0. The van der Waals surface area contributed by atoms with Crippen molar-refractivity contribution in [2.75, 3.05) is 31.5 Å². The fourth-order valence-corrected chi connectivity index (χ4v) is 6.04. The quantitative estimate of drug-likeness (QED) is 0.471. The number of aromatic nitrogens is 2. The minimum atomic E-state index is -0.394. The second-order valence-corrected chi connectivity index (χ2v) is 9.67. The van der Waals surface area contributed by atoms with Gasteiger partial charge in [-0.2, -0.15) is 0 Å². The number of carbonyl (C=O) groups excluding carboxylic acids is 2. The van der Waals surface area contributed by atoms with Gasteiger partial charge in [-0.1, -0.05) is 48.5 Å². The van der Waals surface area contributed by atoms with E-state index >= 15 is 0 Å². The molecule has 0 saturated carbocycles. The van der Waals surface area contributed by atoms with Crippen LogP contribution in [-0.2, 0) is 14.3 Å². The van der Waals surface area contributed by atoms with E-state index in [2.05, 4.69) is 27.4 Å². The zero-order valence-corrected chi connectivity index (χ0v) is 18.9. The summed E-state index contributed by atoms with van der Waals surface area (Å²) in [7, 11) is 0. The SMILES string of the molecule is O=C(C[N+]12CCC(CC1)[C@@H](OC(=O)C1c3ccccc3-c3ccccc31)C2)Nc1ncccn1. The number of ether oxygens (including phenoxy) is 1. The highest BCUT2D eigenvalue weighted by atomic mass is 16.5. The van der Waals surface area contributed by atoms with Crippen LogP contribution < -0.4 is 5.32 Å². The molecule has 2 bridgehead atoms. The molecule has 1 aromatic heterocycles. The number of nitrogens with one attached hydrogen (secondary N) is 1. The van der Waals surface area contributed by atoms with Crippen LogP contribution in [0.25, 0.3) is 11.1 Å². The molecule has 0 spiro atoms. The standard InChI is InChI=1S/C27H26N4O3/c32-24(30-27-28-12-5-13-29-27)17-31-14-10-18(11-15-31)23(16-31)34-26(33)25-21-8-3-1-6-19(21)20-7-2-4-9-22(20)25/h1-9,12-13,18,23,25H,10-11,14-17H2/p+1/t18?,23-,31?/m0/s1. The average Bonchev–Trinajstić information content (AvgIpc) is 3.19. The molecular weight excluding hydrogens is 428 g/mol. The van der Waals surface area contributed by atoms with Gasteiger partial charge < -0.3 is 9.22 Å². The Hall–Kier alpha value is -3.58. The first-order chi connectivity index (χ1) is 16.6. The van der Waals surface area contributed by atoms with Crippen LogP contribution >= 0.6 is 0 Å². The summed E-state index contributed by atoms with van der Waals surface area (Å²) in [6.07, 6.45) is 4.97. The number of hydrogen-bond acceptors (Lipinski definition) is 5. The number of amides is 1. The lowest BCUT2D eigenvalue weighted by atomic mass is 9.83. The average molecular weight is 456 g/mol. The highest BCUT2D eigenvalue weighted by Crippen LogP contribution is 2.46. The van der Waals surface area contributed by atoms with E-state index < -0.39 is 5.92 Å². The minimum absolute atomic E-state index is 0.102. The van der Waals surface area contributed by atoms with Gasteiger partial charge in [0.1, 0.15) is 12.5 Å². The van der Waals surface area contributed by atoms with Crippen LogP contribution in [0.15, 0.2) is 67.0 Å². The van der Waals surface area contributed by atoms with Gasteiger partial charge in [-0.25, -0.2) is 9.97 Å². The third-order valence-electron chi connectivity index (χ3n) is 7.67.